The second kappa shape index (κ2) is 3.66. The average molecular weight is 187 g/mol. The van der Waals surface area contributed by atoms with Crippen LogP contribution in [0.4, 0.5) is 0 Å². The number of benzene rings is 1. The number of nitrogens with one attached hydrogen (secondary N) is 1. The quantitative estimate of drug-likeness (QED) is 0.671. The molecule has 1 aliphatic heterocycles. The molecule has 1 amide bonds. The Kier molecular flexibility index (Phi) is 2.35. The van der Waals surface area contributed by atoms with Gasteiger partial charge < -0.3 is 5.32 Å². The molecule has 0 aliphatic carbocycles. The van der Waals surface area contributed by atoms with E-state index in [0.717, 1.165) is 11.1 Å². The van der Waals surface area contributed by atoms with E-state index in [1.807, 2.05) is 37.3 Å². The summed E-state index contributed by atoms with van der Waals surface area (Å²) < 4.78 is 0. The van der Waals surface area contributed by atoms with Crippen molar-refractivity contribution in [3.63, 3.8) is 0 Å². The zero-order valence-corrected chi connectivity index (χ0v) is 8.16. The van der Waals surface area contributed by atoms with Crippen molar-refractivity contribution < 1.29 is 4.79 Å². The summed E-state index contributed by atoms with van der Waals surface area (Å²) in [6.07, 6.45) is 2.64. The molecule has 1 N–H and O–H groups in total. The Bertz CT molecular complexity index is 367. The fourth-order valence-electron chi connectivity index (χ4n) is 1.70. The molecule has 0 radical (unpaired) electrons. The number of amides is 1. The summed E-state index contributed by atoms with van der Waals surface area (Å²) in [4.78, 5) is 11.3. The molecular weight excluding hydrogens is 174 g/mol. The minimum Gasteiger partial charge on any atom is -0.346 e. The van der Waals surface area contributed by atoms with Gasteiger partial charge in [0.1, 0.15) is 0 Å². The number of carbonyl (C=O) groups is 1. The monoisotopic (exact) mass is 187 g/mol. The van der Waals surface area contributed by atoms with Crippen LogP contribution in [0.1, 0.15) is 24.9 Å². The molecule has 0 unspecified atom stereocenters. The van der Waals surface area contributed by atoms with Crippen molar-refractivity contribution in [3.05, 3.63) is 47.5 Å². The van der Waals surface area contributed by atoms with Gasteiger partial charge in [-0.25, -0.2) is 0 Å². The average Bonchev–Trinajstić information content (AvgIpc) is 2.18. The van der Waals surface area contributed by atoms with Crippen LogP contribution in [-0.4, -0.2) is 5.91 Å². The van der Waals surface area contributed by atoms with E-state index in [1.165, 1.54) is 0 Å². The highest BCUT2D eigenvalue weighted by Crippen LogP contribution is 2.20. The molecule has 1 atom stereocenters. The SMILES string of the molecule is CC1=C[C@H](c2ccccc2)NC(=O)C1. The molecule has 2 nitrogen and oxygen atoms in total. The largest absolute Gasteiger partial charge is 0.346 e. The first-order valence-corrected chi connectivity index (χ1v) is 4.77. The molecule has 2 heteroatoms. The van der Waals surface area contributed by atoms with Gasteiger partial charge in [0.25, 0.3) is 0 Å². The van der Waals surface area contributed by atoms with E-state index in [0.29, 0.717) is 6.42 Å². The van der Waals surface area contributed by atoms with Crippen molar-refractivity contribution in [2.24, 2.45) is 0 Å². The number of hydrogen-bond donors (Lipinski definition) is 1. The Morgan fingerprint density at radius 3 is 2.64 bits per heavy atom. The molecule has 1 heterocycles. The molecule has 0 saturated heterocycles. The van der Waals surface area contributed by atoms with E-state index >= 15 is 0 Å². The van der Waals surface area contributed by atoms with E-state index in [2.05, 4.69) is 11.4 Å². The second-order valence-corrected chi connectivity index (χ2v) is 3.65. The third-order valence-corrected chi connectivity index (χ3v) is 2.37. The predicted molar refractivity (Wildman–Crippen MR) is 55.7 cm³/mol. The summed E-state index contributed by atoms with van der Waals surface area (Å²) in [6.45, 7) is 1.99. The van der Waals surface area contributed by atoms with Crippen molar-refractivity contribution in [2.45, 2.75) is 19.4 Å². The molecule has 0 spiro atoms. The normalized spacial score (nSPS) is 21.4. The summed E-state index contributed by atoms with van der Waals surface area (Å²) in [6, 6.07) is 10.1. The Hall–Kier alpha value is -1.57. The molecular formula is C12H13NO. The van der Waals surface area contributed by atoms with Crippen LogP contribution in [0.15, 0.2) is 42.0 Å². The van der Waals surface area contributed by atoms with Crippen LogP contribution >= 0.6 is 0 Å². The van der Waals surface area contributed by atoms with Gasteiger partial charge in [0, 0.05) is 6.42 Å². The van der Waals surface area contributed by atoms with Crippen LogP contribution in [0.5, 0.6) is 0 Å². The lowest BCUT2D eigenvalue weighted by Gasteiger charge is -2.21. The highest BCUT2D eigenvalue weighted by atomic mass is 16.1. The first-order valence-electron chi connectivity index (χ1n) is 4.77. The van der Waals surface area contributed by atoms with Gasteiger partial charge in [0.05, 0.1) is 6.04 Å². The van der Waals surface area contributed by atoms with E-state index in [-0.39, 0.29) is 11.9 Å². The first-order chi connectivity index (χ1) is 6.75. The standard InChI is InChI=1S/C12H13NO/c1-9-7-11(13-12(14)8-9)10-5-3-2-4-6-10/h2-7,11H,8H2,1H3,(H,13,14)/t11-/m1/s1. The van der Waals surface area contributed by atoms with Crippen molar-refractivity contribution >= 4 is 5.91 Å². The third kappa shape index (κ3) is 1.84. The summed E-state index contributed by atoms with van der Waals surface area (Å²) in [7, 11) is 0. The van der Waals surface area contributed by atoms with Gasteiger partial charge in [-0.3, -0.25) is 4.79 Å². The second-order valence-electron chi connectivity index (χ2n) is 3.65. The zero-order chi connectivity index (χ0) is 9.97. The fourth-order valence-corrected chi connectivity index (χ4v) is 1.70. The first kappa shape index (κ1) is 9.00. The van der Waals surface area contributed by atoms with Crippen molar-refractivity contribution in [1.29, 1.82) is 0 Å². The zero-order valence-electron chi connectivity index (χ0n) is 8.16. The van der Waals surface area contributed by atoms with Crippen LogP contribution in [0.25, 0.3) is 0 Å². The maximum Gasteiger partial charge on any atom is 0.224 e. The van der Waals surface area contributed by atoms with Gasteiger partial charge in [-0.1, -0.05) is 42.0 Å². The molecule has 1 aliphatic rings. The van der Waals surface area contributed by atoms with E-state index in [1.54, 1.807) is 0 Å². The smallest absolute Gasteiger partial charge is 0.224 e. The molecule has 1 aromatic rings. The van der Waals surface area contributed by atoms with Gasteiger partial charge in [-0.2, -0.15) is 0 Å². The Morgan fingerprint density at radius 2 is 2.00 bits per heavy atom. The fraction of sp³-hybridized carbons (Fsp3) is 0.250. The number of rotatable bonds is 1. The Labute approximate surface area is 83.6 Å². The highest BCUT2D eigenvalue weighted by molar-refractivity contribution is 5.80. The minimum absolute atomic E-state index is 0.0532. The third-order valence-electron chi connectivity index (χ3n) is 2.37. The van der Waals surface area contributed by atoms with Crippen molar-refractivity contribution in [2.75, 3.05) is 0 Å². The predicted octanol–water partition coefficient (Wildman–Crippen LogP) is 2.19. The maximum atomic E-state index is 11.3. The maximum absolute atomic E-state index is 11.3. The topological polar surface area (TPSA) is 29.1 Å². The molecule has 0 aromatic heterocycles. The molecule has 72 valence electrons. The minimum atomic E-state index is 0.0532. The summed E-state index contributed by atoms with van der Waals surface area (Å²) >= 11 is 0. The molecule has 0 saturated carbocycles. The number of carbonyl (C=O) groups excluding carboxylic acids is 1. The molecule has 14 heavy (non-hydrogen) atoms. The van der Waals surface area contributed by atoms with Crippen LogP contribution in [0.3, 0.4) is 0 Å². The van der Waals surface area contributed by atoms with Gasteiger partial charge >= 0.3 is 0 Å². The van der Waals surface area contributed by atoms with E-state index < -0.39 is 0 Å². The molecule has 0 bridgehead atoms. The molecule has 2 rings (SSSR count). The van der Waals surface area contributed by atoms with Gasteiger partial charge in [-0.15, -0.1) is 0 Å². The molecule has 1 aromatic carbocycles. The van der Waals surface area contributed by atoms with Crippen molar-refractivity contribution in [1.82, 2.24) is 5.32 Å². The van der Waals surface area contributed by atoms with Crippen LogP contribution in [0.2, 0.25) is 0 Å². The summed E-state index contributed by atoms with van der Waals surface area (Å²) in [5.74, 6) is 0.110. The van der Waals surface area contributed by atoms with Gasteiger partial charge in [0.2, 0.25) is 5.91 Å². The van der Waals surface area contributed by atoms with E-state index in [9.17, 15) is 4.79 Å². The summed E-state index contributed by atoms with van der Waals surface area (Å²) in [5.41, 5.74) is 2.28. The lowest BCUT2D eigenvalue weighted by atomic mass is 9.99. The van der Waals surface area contributed by atoms with Gasteiger partial charge in [-0.05, 0) is 12.5 Å². The van der Waals surface area contributed by atoms with Crippen LogP contribution in [0, 0.1) is 0 Å². The highest BCUT2D eigenvalue weighted by Gasteiger charge is 2.17. The lowest BCUT2D eigenvalue weighted by Crippen LogP contribution is -2.30. The molecule has 0 fully saturated rings. The van der Waals surface area contributed by atoms with Gasteiger partial charge in [0.15, 0.2) is 0 Å². The van der Waals surface area contributed by atoms with Crippen LogP contribution < -0.4 is 5.32 Å². The Morgan fingerprint density at radius 1 is 1.29 bits per heavy atom. The van der Waals surface area contributed by atoms with E-state index in [4.69, 9.17) is 0 Å². The lowest BCUT2D eigenvalue weighted by molar-refractivity contribution is -0.121. The Balaban J connectivity index is 2.28. The van der Waals surface area contributed by atoms with Crippen molar-refractivity contribution in [3.8, 4) is 0 Å². The summed E-state index contributed by atoms with van der Waals surface area (Å²) in [5, 5.41) is 2.95. The number of hydrogen-bond acceptors (Lipinski definition) is 1. The van der Waals surface area contributed by atoms with Crippen LogP contribution in [-0.2, 0) is 4.79 Å².